The number of ether oxygens (including phenoxy) is 3. The summed E-state index contributed by atoms with van der Waals surface area (Å²) in [5.41, 5.74) is 1.73. The first-order chi connectivity index (χ1) is 12.3. The van der Waals surface area contributed by atoms with Crippen LogP contribution in [0.1, 0.15) is 11.5 Å². The van der Waals surface area contributed by atoms with Crippen molar-refractivity contribution in [3.8, 4) is 17.3 Å². The molecule has 0 radical (unpaired) electrons. The number of aromatic nitrogens is 2. The van der Waals surface area contributed by atoms with E-state index in [0.29, 0.717) is 36.2 Å². The van der Waals surface area contributed by atoms with E-state index in [1.807, 2.05) is 30.3 Å². The summed E-state index contributed by atoms with van der Waals surface area (Å²) in [6, 6.07) is 15.6. The van der Waals surface area contributed by atoms with E-state index < -0.39 is 5.60 Å². The number of rotatable bonds is 5. The van der Waals surface area contributed by atoms with E-state index in [4.69, 9.17) is 18.6 Å². The zero-order valence-electron chi connectivity index (χ0n) is 13.8. The summed E-state index contributed by atoms with van der Waals surface area (Å²) in [4.78, 5) is 9.01. The van der Waals surface area contributed by atoms with Crippen LogP contribution in [0.25, 0.3) is 11.4 Å². The van der Waals surface area contributed by atoms with Crippen LogP contribution in [0.3, 0.4) is 0 Å². The maximum absolute atomic E-state index is 5.90. The molecule has 1 fully saturated rings. The van der Waals surface area contributed by atoms with Crippen LogP contribution < -0.4 is 4.74 Å². The summed E-state index contributed by atoms with van der Waals surface area (Å²) in [7, 11) is 1.58. The van der Waals surface area contributed by atoms with Gasteiger partial charge in [0.1, 0.15) is 18.8 Å². The Kier molecular flexibility index (Phi) is 4.21. The van der Waals surface area contributed by atoms with Crippen LogP contribution in [0.5, 0.6) is 5.88 Å². The van der Waals surface area contributed by atoms with Gasteiger partial charge in [-0.05, 0) is 11.6 Å². The molecule has 128 valence electrons. The van der Waals surface area contributed by atoms with Crippen LogP contribution in [-0.2, 0) is 21.5 Å². The zero-order chi connectivity index (χ0) is 17.1. The van der Waals surface area contributed by atoms with Crippen molar-refractivity contribution in [2.75, 3.05) is 20.5 Å². The number of benzene rings is 1. The Morgan fingerprint density at radius 1 is 1.04 bits per heavy atom. The maximum Gasteiger partial charge on any atom is 0.229 e. The van der Waals surface area contributed by atoms with E-state index >= 15 is 0 Å². The van der Waals surface area contributed by atoms with Gasteiger partial charge in [0.15, 0.2) is 5.60 Å². The predicted octanol–water partition coefficient (Wildman–Crippen LogP) is 3.19. The lowest BCUT2D eigenvalue weighted by molar-refractivity contribution is -0.0272. The third kappa shape index (κ3) is 3.14. The Morgan fingerprint density at radius 2 is 1.92 bits per heavy atom. The summed E-state index contributed by atoms with van der Waals surface area (Å²) in [5.74, 6) is 1.02. The van der Waals surface area contributed by atoms with E-state index in [9.17, 15) is 0 Å². The third-order valence-electron chi connectivity index (χ3n) is 4.18. The second kappa shape index (κ2) is 6.66. The molecule has 0 amide bonds. The van der Waals surface area contributed by atoms with Crippen LogP contribution in [0, 0.1) is 0 Å². The van der Waals surface area contributed by atoms with Crippen LogP contribution in [0.2, 0.25) is 0 Å². The monoisotopic (exact) mass is 338 g/mol. The average molecular weight is 338 g/mol. The number of methoxy groups -OCH3 is 1. The summed E-state index contributed by atoms with van der Waals surface area (Å²) in [6.45, 7) is 0.620. The van der Waals surface area contributed by atoms with Crippen molar-refractivity contribution in [2.24, 2.45) is 0 Å². The topological polar surface area (TPSA) is 66.6 Å². The summed E-state index contributed by atoms with van der Waals surface area (Å²) in [5, 5.41) is 0. The number of hydrogen-bond donors (Lipinski definition) is 0. The lowest BCUT2D eigenvalue weighted by Gasteiger charge is -2.22. The molecule has 1 aromatic carbocycles. The molecule has 6 heteroatoms. The van der Waals surface area contributed by atoms with E-state index in [1.54, 1.807) is 19.4 Å². The summed E-state index contributed by atoms with van der Waals surface area (Å²) >= 11 is 0. The Morgan fingerprint density at radius 3 is 2.68 bits per heavy atom. The largest absolute Gasteiger partial charge is 0.481 e. The summed E-state index contributed by atoms with van der Waals surface area (Å²) < 4.78 is 22.3. The average Bonchev–Trinajstić information content (AvgIpc) is 3.33. The van der Waals surface area contributed by atoms with Crippen molar-refractivity contribution in [3.63, 3.8) is 0 Å². The smallest absolute Gasteiger partial charge is 0.229 e. The highest BCUT2D eigenvalue weighted by Crippen LogP contribution is 2.35. The minimum absolute atomic E-state index is 0.224. The van der Waals surface area contributed by atoms with Gasteiger partial charge < -0.3 is 18.6 Å². The molecule has 0 N–H and O–H groups in total. The van der Waals surface area contributed by atoms with Gasteiger partial charge in [-0.15, -0.1) is 0 Å². The third-order valence-corrected chi connectivity index (χ3v) is 4.18. The van der Waals surface area contributed by atoms with Crippen molar-refractivity contribution >= 4 is 0 Å². The first-order valence-corrected chi connectivity index (χ1v) is 8.02. The fourth-order valence-electron chi connectivity index (χ4n) is 2.90. The molecule has 1 aliphatic rings. The number of hydrogen-bond acceptors (Lipinski definition) is 6. The lowest BCUT2D eigenvalue weighted by atomic mass is 9.95. The molecule has 0 aliphatic carbocycles. The van der Waals surface area contributed by atoms with E-state index in [1.165, 1.54) is 0 Å². The SMILES string of the molecule is COc1cccc(-c2coc(C3(Cc4ccccc4)COCO3)n2)n1. The van der Waals surface area contributed by atoms with Gasteiger partial charge in [-0.25, -0.2) is 9.97 Å². The number of oxazole rings is 1. The predicted molar refractivity (Wildman–Crippen MR) is 90.0 cm³/mol. The fraction of sp³-hybridized carbons (Fsp3) is 0.263. The minimum Gasteiger partial charge on any atom is -0.481 e. The second-order valence-corrected chi connectivity index (χ2v) is 5.87. The zero-order valence-corrected chi connectivity index (χ0v) is 13.8. The quantitative estimate of drug-likeness (QED) is 0.712. The number of nitrogens with zero attached hydrogens (tertiary/aromatic N) is 2. The molecule has 1 saturated heterocycles. The minimum atomic E-state index is -0.724. The molecule has 4 rings (SSSR count). The maximum atomic E-state index is 5.90. The van der Waals surface area contributed by atoms with Gasteiger partial charge in [0.25, 0.3) is 0 Å². The van der Waals surface area contributed by atoms with Gasteiger partial charge in [0, 0.05) is 12.5 Å². The molecule has 1 unspecified atom stereocenters. The highest BCUT2D eigenvalue weighted by atomic mass is 16.7. The van der Waals surface area contributed by atoms with Gasteiger partial charge in [-0.2, -0.15) is 0 Å². The molecule has 0 bridgehead atoms. The Hall–Kier alpha value is -2.70. The second-order valence-electron chi connectivity index (χ2n) is 5.87. The van der Waals surface area contributed by atoms with Crippen molar-refractivity contribution in [1.29, 1.82) is 0 Å². The van der Waals surface area contributed by atoms with Crippen LogP contribution in [0.4, 0.5) is 0 Å². The molecule has 3 aromatic rings. The Labute approximate surface area is 145 Å². The molecule has 1 atom stereocenters. The van der Waals surface area contributed by atoms with Gasteiger partial charge in [0.2, 0.25) is 11.8 Å². The molecule has 6 nitrogen and oxygen atoms in total. The van der Waals surface area contributed by atoms with E-state index in [0.717, 1.165) is 5.56 Å². The van der Waals surface area contributed by atoms with Gasteiger partial charge in [-0.1, -0.05) is 36.4 Å². The lowest BCUT2D eigenvalue weighted by Crippen LogP contribution is -2.31. The van der Waals surface area contributed by atoms with Crippen molar-refractivity contribution in [1.82, 2.24) is 9.97 Å². The van der Waals surface area contributed by atoms with Crippen LogP contribution >= 0.6 is 0 Å². The van der Waals surface area contributed by atoms with Crippen molar-refractivity contribution in [3.05, 3.63) is 66.2 Å². The van der Waals surface area contributed by atoms with Crippen molar-refractivity contribution < 1.29 is 18.6 Å². The first-order valence-electron chi connectivity index (χ1n) is 8.02. The molecule has 0 saturated carbocycles. The van der Waals surface area contributed by atoms with E-state index in [2.05, 4.69) is 22.1 Å². The molecular weight excluding hydrogens is 320 g/mol. The molecule has 1 aliphatic heterocycles. The van der Waals surface area contributed by atoms with Crippen molar-refractivity contribution in [2.45, 2.75) is 12.0 Å². The highest BCUT2D eigenvalue weighted by molar-refractivity contribution is 5.53. The van der Waals surface area contributed by atoms with Gasteiger partial charge in [0.05, 0.1) is 19.4 Å². The highest BCUT2D eigenvalue weighted by Gasteiger charge is 2.43. The molecule has 2 aromatic heterocycles. The number of pyridine rings is 1. The Bertz CT molecular complexity index is 841. The molecule has 3 heterocycles. The van der Waals surface area contributed by atoms with Gasteiger partial charge >= 0.3 is 0 Å². The van der Waals surface area contributed by atoms with E-state index in [-0.39, 0.29) is 6.79 Å². The van der Waals surface area contributed by atoms with Gasteiger partial charge in [-0.3, -0.25) is 0 Å². The molecule has 0 spiro atoms. The molecular formula is C19H18N2O4. The normalized spacial score (nSPS) is 19.9. The summed E-state index contributed by atoms with van der Waals surface area (Å²) in [6.07, 6.45) is 2.21. The fourth-order valence-corrected chi connectivity index (χ4v) is 2.90. The van der Waals surface area contributed by atoms with Crippen LogP contribution in [0.15, 0.2) is 59.2 Å². The first kappa shape index (κ1) is 15.8. The molecule has 25 heavy (non-hydrogen) atoms. The Balaban J connectivity index is 1.66. The standard InChI is InChI=1S/C19H18N2O4/c1-22-17-9-5-8-15(20-17)16-11-24-18(21-16)19(12-23-13-25-19)10-14-6-3-2-4-7-14/h2-9,11H,10,12-13H2,1H3. The van der Waals surface area contributed by atoms with Crippen LogP contribution in [-0.4, -0.2) is 30.5 Å².